The number of rotatable bonds is 5. The molecule has 3 aromatic rings. The van der Waals surface area contributed by atoms with Gasteiger partial charge in [-0.2, -0.15) is 0 Å². The highest BCUT2D eigenvalue weighted by Gasteiger charge is 2.15. The molecule has 2 heterocycles. The van der Waals surface area contributed by atoms with Crippen LogP contribution in [0.1, 0.15) is 24.1 Å². The Morgan fingerprint density at radius 2 is 1.78 bits per heavy atom. The maximum atomic E-state index is 4.59. The van der Waals surface area contributed by atoms with Crippen LogP contribution in [0.4, 0.5) is 5.82 Å². The first-order valence-corrected chi connectivity index (χ1v) is 9.80. The van der Waals surface area contributed by atoms with E-state index < -0.39 is 0 Å². The van der Waals surface area contributed by atoms with Gasteiger partial charge in [0, 0.05) is 45.0 Å². The first-order valence-electron chi connectivity index (χ1n) is 9.80. The Balaban J connectivity index is 1.44. The van der Waals surface area contributed by atoms with E-state index in [-0.39, 0.29) is 6.04 Å². The van der Waals surface area contributed by atoms with Gasteiger partial charge in [-0.3, -0.25) is 0 Å². The Labute approximate surface area is 161 Å². The summed E-state index contributed by atoms with van der Waals surface area (Å²) in [6, 6.07) is 19.8. The van der Waals surface area contributed by atoms with Gasteiger partial charge >= 0.3 is 0 Å². The number of anilines is 1. The Morgan fingerprint density at radius 1 is 1.00 bits per heavy atom. The smallest absolute Gasteiger partial charge is 0.128 e. The maximum absolute atomic E-state index is 4.59. The second-order valence-electron chi connectivity index (χ2n) is 7.48. The van der Waals surface area contributed by atoms with Crippen molar-refractivity contribution in [2.24, 2.45) is 0 Å². The molecule has 4 heteroatoms. The van der Waals surface area contributed by atoms with Crippen molar-refractivity contribution in [2.75, 3.05) is 38.1 Å². The summed E-state index contributed by atoms with van der Waals surface area (Å²) >= 11 is 0. The Hall–Kier alpha value is -2.43. The third-order valence-corrected chi connectivity index (χ3v) is 5.54. The van der Waals surface area contributed by atoms with Gasteiger partial charge < -0.3 is 15.1 Å². The molecule has 2 aromatic carbocycles. The van der Waals surface area contributed by atoms with Crippen molar-refractivity contribution in [3.8, 4) is 0 Å². The van der Waals surface area contributed by atoms with Gasteiger partial charge in [0.15, 0.2) is 0 Å². The summed E-state index contributed by atoms with van der Waals surface area (Å²) < 4.78 is 0. The molecular weight excluding hydrogens is 332 g/mol. The molecule has 1 aliphatic heterocycles. The normalized spacial score (nSPS) is 16.6. The summed E-state index contributed by atoms with van der Waals surface area (Å²) in [5.41, 5.74) is 2.63. The number of benzene rings is 2. The lowest BCUT2D eigenvalue weighted by Crippen LogP contribution is -2.44. The fourth-order valence-electron chi connectivity index (χ4n) is 3.79. The van der Waals surface area contributed by atoms with Crippen molar-refractivity contribution < 1.29 is 0 Å². The molecule has 0 radical (unpaired) electrons. The van der Waals surface area contributed by atoms with Gasteiger partial charge in [0.1, 0.15) is 5.82 Å². The second kappa shape index (κ2) is 8.07. The largest absolute Gasteiger partial charge is 0.354 e. The Kier molecular flexibility index (Phi) is 5.37. The molecule has 1 N–H and O–H groups in total. The lowest BCUT2D eigenvalue weighted by molar-refractivity contribution is 0.312. The molecule has 0 spiro atoms. The van der Waals surface area contributed by atoms with E-state index in [1.54, 1.807) is 0 Å². The van der Waals surface area contributed by atoms with Crippen molar-refractivity contribution >= 4 is 16.6 Å². The van der Waals surface area contributed by atoms with Crippen molar-refractivity contribution in [2.45, 2.75) is 19.5 Å². The lowest BCUT2D eigenvalue weighted by Gasteiger charge is -2.33. The monoisotopic (exact) mass is 360 g/mol. The van der Waals surface area contributed by atoms with E-state index in [1.165, 1.54) is 21.9 Å². The van der Waals surface area contributed by atoms with E-state index in [1.807, 2.05) is 6.20 Å². The number of hydrogen-bond acceptors (Lipinski definition) is 4. The van der Waals surface area contributed by atoms with E-state index in [0.717, 1.165) is 38.5 Å². The first-order chi connectivity index (χ1) is 13.2. The molecular formula is C23H28N4. The number of nitrogens with one attached hydrogen (secondary N) is 1. The second-order valence-corrected chi connectivity index (χ2v) is 7.48. The molecule has 0 bridgehead atoms. The molecule has 1 aliphatic rings. The standard InChI is InChI=1S/C23H28N4/c1-18(21-9-5-7-20-6-3-4-8-22(20)21)25-17-19-10-11-24-23(16-19)27-14-12-26(2)13-15-27/h3-11,16,18,25H,12-15,17H2,1-2H3. The van der Waals surface area contributed by atoms with Gasteiger partial charge in [0.25, 0.3) is 0 Å². The molecule has 4 rings (SSSR count). The third kappa shape index (κ3) is 4.12. The van der Waals surface area contributed by atoms with Gasteiger partial charge in [0.2, 0.25) is 0 Å². The lowest BCUT2D eigenvalue weighted by atomic mass is 9.99. The summed E-state index contributed by atoms with van der Waals surface area (Å²) in [6.07, 6.45) is 1.94. The van der Waals surface area contributed by atoms with Gasteiger partial charge in [-0.25, -0.2) is 4.98 Å². The average molecular weight is 361 g/mol. The Morgan fingerprint density at radius 3 is 2.63 bits per heavy atom. The highest BCUT2D eigenvalue weighted by molar-refractivity contribution is 5.86. The number of nitrogens with zero attached hydrogens (tertiary/aromatic N) is 3. The predicted octanol–water partition coefficient (Wildman–Crippen LogP) is 3.84. The molecule has 140 valence electrons. The SMILES string of the molecule is CC(NCc1ccnc(N2CCN(C)CC2)c1)c1cccc2ccccc12. The number of hydrogen-bond donors (Lipinski definition) is 1. The quantitative estimate of drug-likeness (QED) is 0.749. The average Bonchev–Trinajstić information content (AvgIpc) is 2.72. The van der Waals surface area contributed by atoms with E-state index >= 15 is 0 Å². The van der Waals surface area contributed by atoms with Crippen molar-refractivity contribution in [1.29, 1.82) is 0 Å². The molecule has 1 saturated heterocycles. The van der Waals surface area contributed by atoms with Gasteiger partial charge in [-0.15, -0.1) is 0 Å². The van der Waals surface area contributed by atoms with E-state index in [9.17, 15) is 0 Å². The number of pyridine rings is 1. The molecule has 1 aromatic heterocycles. The minimum atomic E-state index is 0.288. The zero-order valence-corrected chi connectivity index (χ0v) is 16.2. The molecule has 0 saturated carbocycles. The summed E-state index contributed by atoms with van der Waals surface area (Å²) in [5.74, 6) is 1.10. The molecule has 0 amide bonds. The van der Waals surface area contributed by atoms with E-state index in [0.29, 0.717) is 0 Å². The predicted molar refractivity (Wildman–Crippen MR) is 113 cm³/mol. The molecule has 1 unspecified atom stereocenters. The van der Waals surface area contributed by atoms with Crippen molar-refractivity contribution in [3.63, 3.8) is 0 Å². The van der Waals surface area contributed by atoms with Crippen LogP contribution in [-0.4, -0.2) is 43.1 Å². The fraction of sp³-hybridized carbons (Fsp3) is 0.348. The molecule has 1 fully saturated rings. The van der Waals surface area contributed by atoms with Crippen LogP contribution < -0.4 is 10.2 Å². The van der Waals surface area contributed by atoms with Crippen molar-refractivity contribution in [3.05, 3.63) is 71.9 Å². The van der Waals surface area contributed by atoms with Gasteiger partial charge in [-0.05, 0) is 48.0 Å². The van der Waals surface area contributed by atoms with Crippen LogP contribution in [0, 0.1) is 0 Å². The first kappa shape index (κ1) is 18.0. The number of fused-ring (bicyclic) bond motifs is 1. The van der Waals surface area contributed by atoms with Crippen LogP contribution in [0.5, 0.6) is 0 Å². The number of piperazine rings is 1. The summed E-state index contributed by atoms with van der Waals surface area (Å²) in [7, 11) is 2.18. The van der Waals surface area contributed by atoms with Crippen LogP contribution in [0.15, 0.2) is 60.8 Å². The topological polar surface area (TPSA) is 31.4 Å². The van der Waals surface area contributed by atoms with Crippen LogP contribution >= 0.6 is 0 Å². The summed E-state index contributed by atoms with van der Waals surface area (Å²) in [4.78, 5) is 9.35. The zero-order valence-electron chi connectivity index (χ0n) is 16.2. The van der Waals surface area contributed by atoms with Gasteiger partial charge in [0.05, 0.1) is 0 Å². The van der Waals surface area contributed by atoms with Gasteiger partial charge in [-0.1, -0.05) is 42.5 Å². The van der Waals surface area contributed by atoms with E-state index in [2.05, 4.69) is 88.7 Å². The Bertz CT molecular complexity index is 894. The molecule has 0 aliphatic carbocycles. The third-order valence-electron chi connectivity index (χ3n) is 5.54. The van der Waals surface area contributed by atoms with Crippen LogP contribution in [0.3, 0.4) is 0 Å². The molecule has 1 atom stereocenters. The molecule has 27 heavy (non-hydrogen) atoms. The molecule has 4 nitrogen and oxygen atoms in total. The highest BCUT2D eigenvalue weighted by Crippen LogP contribution is 2.24. The minimum absolute atomic E-state index is 0.288. The minimum Gasteiger partial charge on any atom is -0.354 e. The summed E-state index contributed by atoms with van der Waals surface area (Å²) in [5, 5.41) is 6.31. The van der Waals surface area contributed by atoms with Crippen molar-refractivity contribution in [1.82, 2.24) is 15.2 Å². The van der Waals surface area contributed by atoms with Crippen LogP contribution in [0.2, 0.25) is 0 Å². The number of aromatic nitrogens is 1. The fourth-order valence-corrected chi connectivity index (χ4v) is 3.79. The highest BCUT2D eigenvalue weighted by atomic mass is 15.3. The van der Waals surface area contributed by atoms with E-state index in [4.69, 9.17) is 0 Å². The maximum Gasteiger partial charge on any atom is 0.128 e. The zero-order chi connectivity index (χ0) is 18.6. The number of likely N-dealkylation sites (N-methyl/N-ethyl adjacent to an activating group) is 1. The van der Waals surface area contributed by atoms with Crippen LogP contribution in [-0.2, 0) is 6.54 Å². The van der Waals surface area contributed by atoms with Crippen LogP contribution in [0.25, 0.3) is 10.8 Å². The summed E-state index contributed by atoms with van der Waals surface area (Å²) in [6.45, 7) is 7.38.